The van der Waals surface area contributed by atoms with Gasteiger partial charge in [0.1, 0.15) is 0 Å². The molecule has 2 fully saturated rings. The number of rotatable bonds is 4. The number of para-hydroxylation sites is 1. The number of hydrazine groups is 1. The molecule has 1 heterocycles. The Morgan fingerprint density at radius 2 is 1.80 bits per heavy atom. The van der Waals surface area contributed by atoms with Gasteiger partial charge in [0.15, 0.2) is 0 Å². The second-order valence-electron chi connectivity index (χ2n) is 7.25. The number of nitrogens with zero attached hydrogens (tertiary/aromatic N) is 1. The van der Waals surface area contributed by atoms with Crippen LogP contribution in [-0.2, 0) is 4.79 Å². The molecular weight excluding hydrogens is 314 g/mol. The minimum atomic E-state index is -0.300. The highest BCUT2D eigenvalue weighted by atomic mass is 16.2. The average molecular weight is 337 g/mol. The van der Waals surface area contributed by atoms with E-state index in [4.69, 9.17) is 0 Å². The zero-order valence-electron chi connectivity index (χ0n) is 14.2. The molecule has 25 heavy (non-hydrogen) atoms. The predicted molar refractivity (Wildman–Crippen MR) is 94.9 cm³/mol. The number of amides is 2. The maximum atomic E-state index is 12.5. The number of hydrogen-bond acceptors (Lipinski definition) is 2. The summed E-state index contributed by atoms with van der Waals surface area (Å²) in [6, 6.07) is 11.2. The smallest absolute Gasteiger partial charge is 0.271 e. The van der Waals surface area contributed by atoms with Crippen LogP contribution in [0, 0.1) is 17.8 Å². The van der Waals surface area contributed by atoms with Crippen LogP contribution >= 0.6 is 0 Å². The molecule has 4 rings (SSSR count). The molecule has 5 heteroatoms. The number of carbonyl (C=O) groups excluding carboxylic acids is 2. The van der Waals surface area contributed by atoms with Gasteiger partial charge in [-0.15, -0.1) is 0 Å². The summed E-state index contributed by atoms with van der Waals surface area (Å²) in [7, 11) is 0. The van der Waals surface area contributed by atoms with Crippen LogP contribution in [0.1, 0.15) is 42.5 Å². The van der Waals surface area contributed by atoms with E-state index in [0.29, 0.717) is 23.8 Å². The molecule has 2 saturated carbocycles. The van der Waals surface area contributed by atoms with Crippen molar-refractivity contribution in [2.24, 2.45) is 17.8 Å². The predicted octanol–water partition coefficient (Wildman–Crippen LogP) is 3.06. The Morgan fingerprint density at radius 1 is 1.00 bits per heavy atom. The highest BCUT2D eigenvalue weighted by molar-refractivity contribution is 5.98. The summed E-state index contributed by atoms with van der Waals surface area (Å²) in [4.78, 5) is 24.7. The summed E-state index contributed by atoms with van der Waals surface area (Å²) >= 11 is 0. The maximum Gasteiger partial charge on any atom is 0.271 e. The minimum absolute atomic E-state index is 0.0932. The number of hydrogen-bond donors (Lipinski definition) is 2. The Balaban J connectivity index is 1.36. The Morgan fingerprint density at radius 3 is 2.52 bits per heavy atom. The van der Waals surface area contributed by atoms with Crippen LogP contribution in [0.3, 0.4) is 0 Å². The van der Waals surface area contributed by atoms with Gasteiger partial charge in [-0.3, -0.25) is 20.4 Å². The van der Waals surface area contributed by atoms with E-state index < -0.39 is 0 Å². The summed E-state index contributed by atoms with van der Waals surface area (Å²) in [5.41, 5.74) is 6.47. The molecule has 1 aromatic carbocycles. The van der Waals surface area contributed by atoms with E-state index in [1.54, 1.807) is 6.07 Å². The zero-order valence-corrected chi connectivity index (χ0v) is 14.2. The summed E-state index contributed by atoms with van der Waals surface area (Å²) in [6.07, 6.45) is 9.34. The Bertz CT molecular complexity index is 769. The molecule has 2 aromatic rings. The van der Waals surface area contributed by atoms with Gasteiger partial charge in [0.2, 0.25) is 5.91 Å². The lowest BCUT2D eigenvalue weighted by Crippen LogP contribution is -2.42. The molecule has 2 bridgehead atoms. The molecule has 2 aliphatic rings. The molecule has 2 amide bonds. The van der Waals surface area contributed by atoms with Crippen LogP contribution in [-0.4, -0.2) is 16.4 Å². The standard InChI is InChI=1S/C20H23N3O2/c24-19(13-16-12-14-7-8-15(16)11-14)21-22-20(25)17-5-1-2-6-18(17)23-9-3-4-10-23/h1-6,9-10,14-16H,7-8,11-13H2,(H,21,24)(H,22,25)/t14-,15+,16+/m0/s1. The molecule has 0 radical (unpaired) electrons. The lowest BCUT2D eigenvalue weighted by molar-refractivity contribution is -0.123. The van der Waals surface area contributed by atoms with Crippen LogP contribution in [0.25, 0.3) is 5.69 Å². The largest absolute Gasteiger partial charge is 0.323 e. The van der Waals surface area contributed by atoms with Gasteiger partial charge in [0.25, 0.3) is 5.91 Å². The Labute approximate surface area is 147 Å². The first-order valence-electron chi connectivity index (χ1n) is 9.02. The van der Waals surface area contributed by atoms with E-state index in [0.717, 1.165) is 11.6 Å². The minimum Gasteiger partial charge on any atom is -0.323 e. The van der Waals surface area contributed by atoms with Crippen molar-refractivity contribution in [3.8, 4) is 5.69 Å². The van der Waals surface area contributed by atoms with Crippen molar-refractivity contribution in [3.63, 3.8) is 0 Å². The summed E-state index contributed by atoms with van der Waals surface area (Å²) in [6.45, 7) is 0. The summed E-state index contributed by atoms with van der Waals surface area (Å²) in [5, 5.41) is 0. The molecule has 2 aliphatic carbocycles. The van der Waals surface area contributed by atoms with Gasteiger partial charge in [-0.05, 0) is 61.3 Å². The Hall–Kier alpha value is -2.56. The molecule has 3 atom stereocenters. The van der Waals surface area contributed by atoms with Crippen LogP contribution in [0.5, 0.6) is 0 Å². The molecule has 0 aliphatic heterocycles. The molecule has 130 valence electrons. The first kappa shape index (κ1) is 15.9. The van der Waals surface area contributed by atoms with Crippen molar-refractivity contribution in [3.05, 3.63) is 54.4 Å². The van der Waals surface area contributed by atoms with Crippen molar-refractivity contribution < 1.29 is 9.59 Å². The third kappa shape index (κ3) is 3.31. The third-order valence-corrected chi connectivity index (χ3v) is 5.68. The van der Waals surface area contributed by atoms with E-state index in [-0.39, 0.29) is 11.8 Å². The molecular formula is C20H23N3O2. The second kappa shape index (κ2) is 6.75. The van der Waals surface area contributed by atoms with Crippen molar-refractivity contribution in [1.82, 2.24) is 15.4 Å². The number of benzene rings is 1. The molecule has 2 N–H and O–H groups in total. The molecule has 5 nitrogen and oxygen atoms in total. The van der Waals surface area contributed by atoms with Gasteiger partial charge in [0, 0.05) is 18.8 Å². The van der Waals surface area contributed by atoms with Gasteiger partial charge in [-0.2, -0.15) is 0 Å². The van der Waals surface area contributed by atoms with Gasteiger partial charge >= 0.3 is 0 Å². The average Bonchev–Trinajstić information content (AvgIpc) is 3.37. The fourth-order valence-corrected chi connectivity index (χ4v) is 4.50. The summed E-state index contributed by atoms with van der Waals surface area (Å²) < 4.78 is 1.88. The number of aromatic nitrogens is 1. The first-order valence-corrected chi connectivity index (χ1v) is 9.02. The fourth-order valence-electron chi connectivity index (χ4n) is 4.50. The molecule has 0 saturated heterocycles. The van der Waals surface area contributed by atoms with E-state index in [1.807, 2.05) is 47.3 Å². The lowest BCUT2D eigenvalue weighted by Gasteiger charge is -2.21. The SMILES string of the molecule is O=C(C[C@H]1C[C@H]2CC[C@@H]1C2)NNC(=O)c1ccccc1-n1cccc1. The van der Waals surface area contributed by atoms with Crippen LogP contribution < -0.4 is 10.9 Å². The topological polar surface area (TPSA) is 63.1 Å². The second-order valence-corrected chi connectivity index (χ2v) is 7.25. The van der Waals surface area contributed by atoms with Crippen molar-refractivity contribution >= 4 is 11.8 Å². The number of nitrogens with one attached hydrogen (secondary N) is 2. The van der Waals surface area contributed by atoms with Gasteiger partial charge < -0.3 is 4.57 Å². The van der Waals surface area contributed by atoms with Crippen LogP contribution in [0.4, 0.5) is 0 Å². The van der Waals surface area contributed by atoms with Gasteiger partial charge in [0.05, 0.1) is 11.3 Å². The van der Waals surface area contributed by atoms with Crippen molar-refractivity contribution in [2.75, 3.05) is 0 Å². The Kier molecular flexibility index (Phi) is 4.30. The number of carbonyl (C=O) groups is 2. The first-order chi connectivity index (χ1) is 12.2. The van der Waals surface area contributed by atoms with E-state index in [2.05, 4.69) is 10.9 Å². The highest BCUT2D eigenvalue weighted by Crippen LogP contribution is 2.49. The van der Waals surface area contributed by atoms with E-state index in [1.165, 1.54) is 25.7 Å². The normalized spacial score (nSPS) is 24.2. The van der Waals surface area contributed by atoms with Gasteiger partial charge in [-0.1, -0.05) is 18.6 Å². The van der Waals surface area contributed by atoms with Crippen molar-refractivity contribution in [2.45, 2.75) is 32.1 Å². The van der Waals surface area contributed by atoms with Crippen LogP contribution in [0.2, 0.25) is 0 Å². The molecule has 0 unspecified atom stereocenters. The van der Waals surface area contributed by atoms with Crippen molar-refractivity contribution in [1.29, 1.82) is 0 Å². The number of fused-ring (bicyclic) bond motifs is 2. The zero-order chi connectivity index (χ0) is 17.2. The highest BCUT2D eigenvalue weighted by Gasteiger charge is 2.40. The molecule has 0 spiro atoms. The van der Waals surface area contributed by atoms with E-state index >= 15 is 0 Å². The third-order valence-electron chi connectivity index (χ3n) is 5.68. The van der Waals surface area contributed by atoms with Gasteiger partial charge in [-0.25, -0.2) is 0 Å². The fraction of sp³-hybridized carbons (Fsp3) is 0.400. The monoisotopic (exact) mass is 337 g/mol. The quantitative estimate of drug-likeness (QED) is 0.842. The molecule has 1 aromatic heterocycles. The lowest BCUT2D eigenvalue weighted by atomic mass is 9.86. The summed E-state index contributed by atoms with van der Waals surface area (Å²) in [5.74, 6) is 1.63. The van der Waals surface area contributed by atoms with Crippen LogP contribution in [0.15, 0.2) is 48.8 Å². The maximum absolute atomic E-state index is 12.5. The van der Waals surface area contributed by atoms with E-state index in [9.17, 15) is 9.59 Å².